The van der Waals surface area contributed by atoms with E-state index in [1.54, 1.807) is 14.2 Å². The van der Waals surface area contributed by atoms with Crippen LogP contribution in [0.25, 0.3) is 5.57 Å². The van der Waals surface area contributed by atoms with Crippen molar-refractivity contribution in [3.63, 3.8) is 0 Å². The predicted octanol–water partition coefficient (Wildman–Crippen LogP) is 6.13. The average molecular weight is 415 g/mol. The van der Waals surface area contributed by atoms with Crippen molar-refractivity contribution >= 4 is 11.4 Å². The quantitative estimate of drug-likeness (QED) is 0.495. The van der Waals surface area contributed by atoms with Gasteiger partial charge in [0, 0.05) is 18.8 Å². The molecular weight excluding hydrogens is 384 g/mol. The lowest BCUT2D eigenvalue weighted by atomic mass is 9.84. The lowest BCUT2D eigenvalue weighted by Crippen LogP contribution is -2.08. The number of rotatable bonds is 9. The van der Waals surface area contributed by atoms with E-state index in [1.165, 1.54) is 27.8 Å². The molecule has 2 aromatic carbocycles. The van der Waals surface area contributed by atoms with Gasteiger partial charge in [-0.05, 0) is 59.2 Å². The smallest absolute Gasteiger partial charge is 0.161 e. The largest absolute Gasteiger partial charge is 0.493 e. The molecule has 0 heterocycles. The van der Waals surface area contributed by atoms with Gasteiger partial charge in [0.15, 0.2) is 11.5 Å². The fourth-order valence-electron chi connectivity index (χ4n) is 4.79. The van der Waals surface area contributed by atoms with Crippen molar-refractivity contribution in [2.75, 3.05) is 14.2 Å². The molecule has 0 N–H and O–H groups in total. The summed E-state index contributed by atoms with van der Waals surface area (Å²) in [6, 6.07) is 14.4. The summed E-state index contributed by atoms with van der Waals surface area (Å²) in [5.74, 6) is 2.01. The number of Topliss-reactive ketones (excluding diaryl/α,β-unsaturated/α-hetero) is 1. The SMILES string of the molecule is CCC1C(CCC(=O)Cc2ccc(OC)c(OC)c2)=CC=C1C1=CCc2ccccc21. The van der Waals surface area contributed by atoms with Crippen LogP contribution in [0.5, 0.6) is 11.5 Å². The molecule has 3 nitrogen and oxygen atoms in total. The van der Waals surface area contributed by atoms with E-state index in [2.05, 4.69) is 49.4 Å². The highest BCUT2D eigenvalue weighted by atomic mass is 16.5. The summed E-state index contributed by atoms with van der Waals surface area (Å²) in [4.78, 5) is 12.7. The van der Waals surface area contributed by atoms with Gasteiger partial charge in [-0.3, -0.25) is 4.79 Å². The van der Waals surface area contributed by atoms with Gasteiger partial charge in [0.2, 0.25) is 0 Å². The van der Waals surface area contributed by atoms with E-state index in [0.717, 1.165) is 24.8 Å². The third-order valence-corrected chi connectivity index (χ3v) is 6.39. The van der Waals surface area contributed by atoms with Crippen LogP contribution in [-0.4, -0.2) is 20.0 Å². The van der Waals surface area contributed by atoms with Crippen LogP contribution in [0, 0.1) is 5.92 Å². The van der Waals surface area contributed by atoms with E-state index in [1.807, 2.05) is 18.2 Å². The maximum absolute atomic E-state index is 12.7. The van der Waals surface area contributed by atoms with Crippen molar-refractivity contribution in [2.24, 2.45) is 5.92 Å². The summed E-state index contributed by atoms with van der Waals surface area (Å²) in [6.07, 6.45) is 10.7. The molecule has 0 amide bonds. The second-order valence-corrected chi connectivity index (χ2v) is 8.21. The minimum Gasteiger partial charge on any atom is -0.493 e. The molecule has 4 rings (SSSR count). The summed E-state index contributed by atoms with van der Waals surface area (Å²) in [5.41, 5.74) is 7.91. The zero-order valence-corrected chi connectivity index (χ0v) is 18.6. The van der Waals surface area contributed by atoms with E-state index < -0.39 is 0 Å². The molecule has 2 aromatic rings. The minimum absolute atomic E-state index is 0.252. The number of hydrogen-bond acceptors (Lipinski definition) is 3. The Balaban J connectivity index is 1.37. The molecule has 2 aliphatic rings. The van der Waals surface area contributed by atoms with E-state index in [-0.39, 0.29) is 5.78 Å². The molecule has 0 aliphatic heterocycles. The molecule has 0 spiro atoms. The molecule has 0 fully saturated rings. The molecule has 1 unspecified atom stereocenters. The predicted molar refractivity (Wildman–Crippen MR) is 126 cm³/mol. The van der Waals surface area contributed by atoms with E-state index in [4.69, 9.17) is 9.47 Å². The van der Waals surface area contributed by atoms with Gasteiger partial charge in [-0.2, -0.15) is 0 Å². The Labute approximate surface area is 185 Å². The fraction of sp³-hybridized carbons (Fsp3) is 0.321. The van der Waals surface area contributed by atoms with Gasteiger partial charge < -0.3 is 9.47 Å². The number of carbonyl (C=O) groups is 1. The van der Waals surface area contributed by atoms with Crippen LogP contribution >= 0.6 is 0 Å². The second-order valence-electron chi connectivity index (χ2n) is 8.21. The Morgan fingerprint density at radius 1 is 1.03 bits per heavy atom. The third kappa shape index (κ3) is 4.36. The topological polar surface area (TPSA) is 35.5 Å². The molecule has 0 aromatic heterocycles. The fourth-order valence-corrected chi connectivity index (χ4v) is 4.79. The molecule has 0 bridgehead atoms. The molecule has 31 heavy (non-hydrogen) atoms. The molecular formula is C28H30O3. The van der Waals surface area contributed by atoms with Crippen molar-refractivity contribution in [1.82, 2.24) is 0 Å². The van der Waals surface area contributed by atoms with Crippen molar-refractivity contribution in [1.29, 1.82) is 0 Å². The van der Waals surface area contributed by atoms with Crippen molar-refractivity contribution < 1.29 is 14.3 Å². The Kier molecular flexibility index (Phi) is 6.41. The van der Waals surface area contributed by atoms with Crippen LogP contribution in [-0.2, 0) is 17.6 Å². The number of ketones is 1. The van der Waals surface area contributed by atoms with Crippen LogP contribution in [0.3, 0.4) is 0 Å². The first-order valence-electron chi connectivity index (χ1n) is 11.1. The van der Waals surface area contributed by atoms with Gasteiger partial charge in [0.05, 0.1) is 14.2 Å². The standard InChI is InChI=1S/C28H30O3/c1-4-23-21(12-14-25(23)26-15-11-20-7-5-6-8-24(20)26)10-13-22(29)17-19-9-16-27(30-2)28(18-19)31-3/h5-9,12,14-16,18,23H,4,10-11,13,17H2,1-3H3. The zero-order chi connectivity index (χ0) is 21.8. The first kappa shape index (κ1) is 21.2. The summed E-state index contributed by atoms with van der Waals surface area (Å²) in [7, 11) is 3.23. The number of benzene rings is 2. The van der Waals surface area contributed by atoms with E-state index in [9.17, 15) is 4.79 Å². The highest BCUT2D eigenvalue weighted by molar-refractivity contribution is 5.86. The minimum atomic E-state index is 0.252. The Hall–Kier alpha value is -3.07. The van der Waals surface area contributed by atoms with Gasteiger partial charge in [-0.25, -0.2) is 0 Å². The van der Waals surface area contributed by atoms with Crippen molar-refractivity contribution in [3.05, 3.63) is 88.5 Å². The normalized spacial score (nSPS) is 17.0. The molecule has 0 saturated heterocycles. The summed E-state index contributed by atoms with van der Waals surface area (Å²) < 4.78 is 10.6. The first-order valence-corrected chi connectivity index (χ1v) is 11.1. The van der Waals surface area contributed by atoms with Crippen LogP contribution in [0.4, 0.5) is 0 Å². The molecule has 2 aliphatic carbocycles. The van der Waals surface area contributed by atoms with Gasteiger partial charge in [-0.15, -0.1) is 0 Å². The highest BCUT2D eigenvalue weighted by Crippen LogP contribution is 2.43. The van der Waals surface area contributed by atoms with Crippen molar-refractivity contribution in [2.45, 2.75) is 39.0 Å². The zero-order valence-electron chi connectivity index (χ0n) is 18.6. The summed E-state index contributed by atoms with van der Waals surface area (Å²) in [6.45, 7) is 2.24. The number of fused-ring (bicyclic) bond motifs is 1. The molecule has 0 radical (unpaired) electrons. The van der Waals surface area contributed by atoms with Crippen LogP contribution in [0.15, 0.2) is 71.8 Å². The molecule has 160 valence electrons. The van der Waals surface area contributed by atoms with E-state index in [0.29, 0.717) is 30.3 Å². The van der Waals surface area contributed by atoms with Crippen LogP contribution in [0.2, 0.25) is 0 Å². The highest BCUT2D eigenvalue weighted by Gasteiger charge is 2.27. The second kappa shape index (κ2) is 9.38. The van der Waals surface area contributed by atoms with Gasteiger partial charge in [0.25, 0.3) is 0 Å². The van der Waals surface area contributed by atoms with Crippen LogP contribution < -0.4 is 9.47 Å². The number of methoxy groups -OCH3 is 2. The van der Waals surface area contributed by atoms with Crippen LogP contribution in [0.1, 0.15) is 42.9 Å². The maximum Gasteiger partial charge on any atom is 0.161 e. The molecule has 3 heteroatoms. The molecule has 1 atom stereocenters. The Morgan fingerprint density at radius 3 is 2.61 bits per heavy atom. The lowest BCUT2D eigenvalue weighted by Gasteiger charge is -2.19. The maximum atomic E-state index is 12.7. The van der Waals surface area contributed by atoms with Gasteiger partial charge in [-0.1, -0.05) is 61.1 Å². The number of allylic oxidation sites excluding steroid dienone is 6. The van der Waals surface area contributed by atoms with Gasteiger partial charge in [0.1, 0.15) is 5.78 Å². The van der Waals surface area contributed by atoms with Gasteiger partial charge >= 0.3 is 0 Å². The first-order chi connectivity index (χ1) is 15.1. The third-order valence-electron chi connectivity index (χ3n) is 6.39. The van der Waals surface area contributed by atoms with Crippen molar-refractivity contribution in [3.8, 4) is 11.5 Å². The Morgan fingerprint density at radius 2 is 1.84 bits per heavy atom. The number of ether oxygens (including phenoxy) is 2. The summed E-state index contributed by atoms with van der Waals surface area (Å²) >= 11 is 0. The monoisotopic (exact) mass is 414 g/mol. The van der Waals surface area contributed by atoms with E-state index >= 15 is 0 Å². The lowest BCUT2D eigenvalue weighted by molar-refractivity contribution is -0.118. The number of hydrogen-bond donors (Lipinski definition) is 0. The average Bonchev–Trinajstić information content (AvgIpc) is 3.40. The molecule has 0 saturated carbocycles. The summed E-state index contributed by atoms with van der Waals surface area (Å²) in [5, 5.41) is 0. The Bertz CT molecular complexity index is 1070. The number of carbonyl (C=O) groups excluding carboxylic acids is 1.